The lowest BCUT2D eigenvalue weighted by Crippen LogP contribution is -2.63. The van der Waals surface area contributed by atoms with E-state index in [4.69, 9.17) is 11.6 Å². The van der Waals surface area contributed by atoms with E-state index in [-0.39, 0.29) is 5.54 Å². The van der Waals surface area contributed by atoms with Crippen LogP contribution in [0.5, 0.6) is 0 Å². The maximum Gasteiger partial charge on any atom is 0.0640 e. The Kier molecular flexibility index (Phi) is 4.80. The fraction of sp³-hybridized carbons (Fsp3) is 0.600. The Morgan fingerprint density at radius 1 is 1.42 bits per heavy atom. The van der Waals surface area contributed by atoms with Gasteiger partial charge in [0, 0.05) is 29.1 Å². The van der Waals surface area contributed by atoms with Crippen molar-refractivity contribution in [2.45, 2.75) is 45.2 Å². The van der Waals surface area contributed by atoms with Crippen molar-refractivity contribution in [2.24, 2.45) is 0 Å². The van der Waals surface area contributed by atoms with Crippen molar-refractivity contribution in [1.82, 2.24) is 5.32 Å². The summed E-state index contributed by atoms with van der Waals surface area (Å²) in [6.45, 7) is 8.78. The summed E-state index contributed by atoms with van der Waals surface area (Å²) in [7, 11) is 0. The van der Waals surface area contributed by atoms with Crippen molar-refractivity contribution in [1.29, 1.82) is 0 Å². The lowest BCUT2D eigenvalue weighted by atomic mass is 9.88. The molecule has 0 bridgehead atoms. The summed E-state index contributed by atoms with van der Waals surface area (Å²) in [6, 6.07) is 6.54. The summed E-state index contributed by atoms with van der Waals surface area (Å²) < 4.78 is 1.08. The third kappa shape index (κ3) is 3.09. The van der Waals surface area contributed by atoms with Gasteiger partial charge in [0.2, 0.25) is 0 Å². The van der Waals surface area contributed by atoms with E-state index in [1.54, 1.807) is 0 Å². The van der Waals surface area contributed by atoms with Gasteiger partial charge in [0.1, 0.15) is 0 Å². The van der Waals surface area contributed by atoms with Crippen molar-refractivity contribution < 1.29 is 0 Å². The summed E-state index contributed by atoms with van der Waals surface area (Å²) in [6.07, 6.45) is 2.27. The number of piperazine rings is 1. The first kappa shape index (κ1) is 15.1. The minimum atomic E-state index is 0.207. The van der Waals surface area contributed by atoms with Crippen LogP contribution in [-0.4, -0.2) is 24.7 Å². The van der Waals surface area contributed by atoms with Gasteiger partial charge in [-0.25, -0.2) is 0 Å². The van der Waals surface area contributed by atoms with Gasteiger partial charge in [-0.15, -0.1) is 0 Å². The highest BCUT2D eigenvalue weighted by atomic mass is 79.9. The zero-order valence-corrected chi connectivity index (χ0v) is 14.2. The van der Waals surface area contributed by atoms with E-state index in [0.717, 1.165) is 41.1 Å². The molecule has 0 radical (unpaired) electrons. The van der Waals surface area contributed by atoms with E-state index < -0.39 is 0 Å². The molecule has 19 heavy (non-hydrogen) atoms. The lowest BCUT2D eigenvalue weighted by molar-refractivity contribution is 0.254. The molecule has 1 atom stereocenters. The van der Waals surface area contributed by atoms with E-state index in [9.17, 15) is 0 Å². The fourth-order valence-corrected chi connectivity index (χ4v) is 3.34. The van der Waals surface area contributed by atoms with Crippen LogP contribution in [0.15, 0.2) is 22.7 Å². The molecule has 4 heteroatoms. The van der Waals surface area contributed by atoms with E-state index in [1.165, 1.54) is 0 Å². The average molecular weight is 346 g/mol. The highest BCUT2D eigenvalue weighted by molar-refractivity contribution is 9.10. The lowest BCUT2D eigenvalue weighted by Gasteiger charge is -2.48. The summed E-state index contributed by atoms with van der Waals surface area (Å²) in [5.74, 6) is 0. The average Bonchev–Trinajstić information content (AvgIpc) is 2.43. The number of halogens is 2. The molecule has 0 spiro atoms. The van der Waals surface area contributed by atoms with Gasteiger partial charge in [-0.05, 0) is 38.0 Å². The van der Waals surface area contributed by atoms with E-state index >= 15 is 0 Å². The van der Waals surface area contributed by atoms with E-state index in [2.05, 4.69) is 53.0 Å². The molecule has 1 aliphatic heterocycles. The highest BCUT2D eigenvalue weighted by Gasteiger charge is 2.35. The molecule has 106 valence electrons. The normalized spacial score (nSPS) is 22.6. The van der Waals surface area contributed by atoms with Gasteiger partial charge in [0.05, 0.1) is 10.7 Å². The number of hydrogen-bond acceptors (Lipinski definition) is 2. The Morgan fingerprint density at radius 3 is 2.74 bits per heavy atom. The quantitative estimate of drug-likeness (QED) is 0.870. The predicted molar refractivity (Wildman–Crippen MR) is 87.3 cm³/mol. The van der Waals surface area contributed by atoms with Gasteiger partial charge in [0.25, 0.3) is 0 Å². The molecular formula is C15H22BrClN2. The van der Waals surface area contributed by atoms with Gasteiger partial charge >= 0.3 is 0 Å². The second kappa shape index (κ2) is 6.02. The second-order valence-electron chi connectivity index (χ2n) is 5.44. The number of rotatable bonds is 3. The van der Waals surface area contributed by atoms with E-state index in [1.807, 2.05) is 12.1 Å². The molecule has 0 aliphatic carbocycles. The molecule has 2 rings (SSSR count). The highest BCUT2D eigenvalue weighted by Crippen LogP contribution is 2.34. The van der Waals surface area contributed by atoms with Crippen molar-refractivity contribution in [3.8, 4) is 0 Å². The van der Waals surface area contributed by atoms with E-state index in [0.29, 0.717) is 6.04 Å². The molecule has 1 unspecified atom stereocenters. The number of hydrogen-bond donors (Lipinski definition) is 1. The predicted octanol–water partition coefficient (Wildman–Crippen LogP) is 4.46. The first-order valence-corrected chi connectivity index (χ1v) is 8.15. The smallest absolute Gasteiger partial charge is 0.0640 e. The topological polar surface area (TPSA) is 15.3 Å². The first-order valence-electron chi connectivity index (χ1n) is 6.98. The van der Waals surface area contributed by atoms with Gasteiger partial charge in [-0.2, -0.15) is 0 Å². The second-order valence-corrected chi connectivity index (χ2v) is 6.76. The van der Waals surface area contributed by atoms with Crippen molar-refractivity contribution in [3.63, 3.8) is 0 Å². The minimum absolute atomic E-state index is 0.207. The van der Waals surface area contributed by atoms with Crippen molar-refractivity contribution in [3.05, 3.63) is 27.7 Å². The van der Waals surface area contributed by atoms with Crippen LogP contribution >= 0.6 is 27.5 Å². The van der Waals surface area contributed by atoms with Crippen LogP contribution in [0.25, 0.3) is 0 Å². The van der Waals surface area contributed by atoms with Crippen LogP contribution < -0.4 is 10.2 Å². The number of anilines is 1. The summed E-state index contributed by atoms with van der Waals surface area (Å²) in [5, 5.41) is 4.55. The van der Waals surface area contributed by atoms with Crippen LogP contribution in [-0.2, 0) is 0 Å². The monoisotopic (exact) mass is 344 g/mol. The largest absolute Gasteiger partial charge is 0.364 e. The Bertz CT molecular complexity index is 446. The molecule has 0 amide bonds. The van der Waals surface area contributed by atoms with Gasteiger partial charge < -0.3 is 10.2 Å². The molecule has 0 aromatic heterocycles. The molecule has 0 saturated carbocycles. The third-order valence-electron chi connectivity index (χ3n) is 4.35. The summed E-state index contributed by atoms with van der Waals surface area (Å²) in [5.41, 5.74) is 1.34. The molecule has 1 aromatic carbocycles. The fourth-order valence-electron chi connectivity index (χ4n) is 2.76. The van der Waals surface area contributed by atoms with Crippen LogP contribution in [0.4, 0.5) is 5.69 Å². The molecular weight excluding hydrogens is 324 g/mol. The Morgan fingerprint density at radius 2 is 2.11 bits per heavy atom. The summed E-state index contributed by atoms with van der Waals surface area (Å²) >= 11 is 9.94. The molecule has 1 saturated heterocycles. The number of nitrogens with one attached hydrogen (secondary N) is 1. The molecule has 1 fully saturated rings. The molecule has 1 N–H and O–H groups in total. The minimum Gasteiger partial charge on any atom is -0.364 e. The van der Waals surface area contributed by atoms with Gasteiger partial charge in [-0.3, -0.25) is 0 Å². The molecule has 1 aromatic rings. The number of nitrogens with zero attached hydrogens (tertiary/aromatic N) is 1. The van der Waals surface area contributed by atoms with Gasteiger partial charge in [0.15, 0.2) is 0 Å². The number of benzene rings is 1. The van der Waals surface area contributed by atoms with Crippen molar-refractivity contribution >= 4 is 33.2 Å². The molecule has 2 nitrogen and oxygen atoms in total. The van der Waals surface area contributed by atoms with Crippen LogP contribution in [0.2, 0.25) is 5.02 Å². The summed E-state index contributed by atoms with van der Waals surface area (Å²) in [4.78, 5) is 2.44. The van der Waals surface area contributed by atoms with Crippen molar-refractivity contribution in [2.75, 3.05) is 18.0 Å². The zero-order chi connectivity index (χ0) is 14.0. The molecule has 1 aliphatic rings. The first-order chi connectivity index (χ1) is 9.01. The Balaban J connectivity index is 2.33. The maximum absolute atomic E-state index is 6.39. The third-order valence-corrected chi connectivity index (χ3v) is 5.16. The Hall–Kier alpha value is -0.250. The molecule has 1 heterocycles. The van der Waals surface area contributed by atoms with Crippen LogP contribution in [0, 0.1) is 0 Å². The zero-order valence-electron chi connectivity index (χ0n) is 11.8. The Labute approximate surface area is 129 Å². The van der Waals surface area contributed by atoms with Gasteiger partial charge in [-0.1, -0.05) is 41.4 Å². The standard InChI is InChI=1S/C15H22BrClN2/c1-4-15(5-2)10-19(11(3)9-18-15)14-8-12(16)6-7-13(14)17/h6-8,11,18H,4-5,9-10H2,1-3H3. The maximum atomic E-state index is 6.39. The van der Waals surface area contributed by atoms with Crippen LogP contribution in [0.3, 0.4) is 0 Å². The SMILES string of the molecule is CCC1(CC)CN(c2cc(Br)ccc2Cl)C(C)CN1. The van der Waals surface area contributed by atoms with Crippen LogP contribution in [0.1, 0.15) is 33.6 Å².